The molecular weight excluding hydrogens is 384 g/mol. The molecule has 5 rings (SSSR count). The topological polar surface area (TPSA) is 49.3 Å². The third-order valence-corrected chi connectivity index (χ3v) is 7.05. The van der Waals surface area contributed by atoms with Crippen molar-refractivity contribution in [2.24, 2.45) is 0 Å². The second-order valence-corrected chi connectivity index (χ2v) is 8.92. The van der Waals surface area contributed by atoms with Gasteiger partial charge in [-0.25, -0.2) is 4.98 Å². The maximum atomic E-state index is 13.1. The van der Waals surface area contributed by atoms with Crippen molar-refractivity contribution in [3.63, 3.8) is 0 Å². The monoisotopic (exact) mass is 414 g/mol. The van der Waals surface area contributed by atoms with Crippen LogP contribution in [0.15, 0.2) is 60.8 Å². The van der Waals surface area contributed by atoms with Crippen molar-refractivity contribution >= 4 is 22.8 Å². The van der Waals surface area contributed by atoms with Gasteiger partial charge >= 0.3 is 0 Å². The van der Waals surface area contributed by atoms with Gasteiger partial charge in [0.2, 0.25) is 5.91 Å². The number of likely N-dealkylation sites (tertiary alicyclic amines) is 1. The number of nitrogens with zero attached hydrogens (tertiary/aromatic N) is 4. The lowest BCUT2D eigenvalue weighted by Crippen LogP contribution is -2.54. The Morgan fingerprint density at radius 1 is 0.903 bits per heavy atom. The number of carbonyl (C=O) groups is 1. The number of hydrogen-bond donors (Lipinski definition) is 0. The number of para-hydroxylation sites is 2. The largest absolute Gasteiger partial charge is 0.355 e. The summed E-state index contributed by atoms with van der Waals surface area (Å²) in [5, 5.41) is 0. The highest BCUT2D eigenvalue weighted by atomic mass is 16.2. The standard InChI is InChI=1S/C26H30N4O/c31-25(13-6-10-21-8-2-1-3-9-21)30-17-7-14-26(30)15-18-29(19-16-26)24-20-27-22-11-4-5-12-23(22)28-24/h1-5,8-9,11-12,20H,6-7,10,13-19H2. The van der Waals surface area contributed by atoms with E-state index in [1.54, 1.807) is 0 Å². The van der Waals surface area contributed by atoms with E-state index in [0.29, 0.717) is 12.3 Å². The van der Waals surface area contributed by atoms with Crippen molar-refractivity contribution in [1.29, 1.82) is 0 Å². The first-order valence-electron chi connectivity index (χ1n) is 11.5. The van der Waals surface area contributed by atoms with Crippen LogP contribution in [-0.2, 0) is 11.2 Å². The summed E-state index contributed by atoms with van der Waals surface area (Å²) in [4.78, 5) is 27.1. The summed E-state index contributed by atoms with van der Waals surface area (Å²) < 4.78 is 0. The number of fused-ring (bicyclic) bond motifs is 1. The van der Waals surface area contributed by atoms with Gasteiger partial charge in [0.15, 0.2) is 0 Å². The lowest BCUT2D eigenvalue weighted by atomic mass is 9.84. The number of carbonyl (C=O) groups excluding carboxylic acids is 1. The van der Waals surface area contributed by atoms with Crippen LogP contribution in [0.2, 0.25) is 0 Å². The molecule has 2 saturated heterocycles. The van der Waals surface area contributed by atoms with E-state index in [1.165, 1.54) is 5.56 Å². The molecule has 0 unspecified atom stereocenters. The van der Waals surface area contributed by atoms with E-state index in [9.17, 15) is 4.79 Å². The van der Waals surface area contributed by atoms with Crippen molar-refractivity contribution in [1.82, 2.24) is 14.9 Å². The highest BCUT2D eigenvalue weighted by Gasteiger charge is 2.45. The van der Waals surface area contributed by atoms with Crippen LogP contribution in [0, 0.1) is 0 Å². The van der Waals surface area contributed by atoms with E-state index in [4.69, 9.17) is 4.98 Å². The van der Waals surface area contributed by atoms with Crippen LogP contribution in [0.25, 0.3) is 11.0 Å². The Hall–Kier alpha value is -2.95. The fourth-order valence-corrected chi connectivity index (χ4v) is 5.32. The number of benzene rings is 2. The molecule has 0 atom stereocenters. The molecule has 5 nitrogen and oxygen atoms in total. The molecule has 3 heterocycles. The maximum Gasteiger partial charge on any atom is 0.223 e. The molecule has 31 heavy (non-hydrogen) atoms. The normalized spacial score (nSPS) is 18.1. The smallest absolute Gasteiger partial charge is 0.223 e. The Balaban J connectivity index is 1.20. The van der Waals surface area contributed by atoms with Gasteiger partial charge in [0.1, 0.15) is 5.82 Å². The first-order chi connectivity index (χ1) is 15.2. The first-order valence-corrected chi connectivity index (χ1v) is 11.5. The van der Waals surface area contributed by atoms with Crippen LogP contribution in [0.3, 0.4) is 0 Å². The van der Waals surface area contributed by atoms with E-state index < -0.39 is 0 Å². The van der Waals surface area contributed by atoms with Gasteiger partial charge < -0.3 is 9.80 Å². The Morgan fingerprint density at radius 2 is 1.65 bits per heavy atom. The summed E-state index contributed by atoms with van der Waals surface area (Å²) in [7, 11) is 0. The molecule has 1 amide bonds. The minimum Gasteiger partial charge on any atom is -0.355 e. The molecule has 0 bridgehead atoms. The number of amides is 1. The molecule has 1 spiro atoms. The Labute approximate surface area is 184 Å². The number of piperidine rings is 1. The van der Waals surface area contributed by atoms with Gasteiger partial charge in [-0.3, -0.25) is 9.78 Å². The van der Waals surface area contributed by atoms with Crippen molar-refractivity contribution in [3.05, 3.63) is 66.4 Å². The fourth-order valence-electron chi connectivity index (χ4n) is 5.32. The van der Waals surface area contributed by atoms with Gasteiger partial charge in [0.25, 0.3) is 0 Å². The number of hydrogen-bond acceptors (Lipinski definition) is 4. The molecule has 0 aliphatic carbocycles. The third-order valence-electron chi connectivity index (χ3n) is 7.05. The lowest BCUT2D eigenvalue weighted by Gasteiger charge is -2.45. The van der Waals surface area contributed by atoms with Crippen molar-refractivity contribution in [3.8, 4) is 0 Å². The molecule has 160 valence electrons. The van der Waals surface area contributed by atoms with Gasteiger partial charge in [0, 0.05) is 31.6 Å². The summed E-state index contributed by atoms with van der Waals surface area (Å²) in [5.41, 5.74) is 3.24. The SMILES string of the molecule is O=C(CCCc1ccccc1)N1CCCC12CCN(c1cnc3ccccc3n1)CC2. The fraction of sp³-hybridized carbons (Fsp3) is 0.423. The summed E-state index contributed by atoms with van der Waals surface area (Å²) in [6.07, 6.45) is 8.74. The second kappa shape index (κ2) is 8.66. The number of aromatic nitrogens is 2. The molecule has 2 fully saturated rings. The zero-order valence-electron chi connectivity index (χ0n) is 18.0. The highest BCUT2D eigenvalue weighted by molar-refractivity contribution is 5.78. The summed E-state index contributed by atoms with van der Waals surface area (Å²) in [6, 6.07) is 18.5. The summed E-state index contributed by atoms with van der Waals surface area (Å²) in [5.74, 6) is 1.29. The highest BCUT2D eigenvalue weighted by Crippen LogP contribution is 2.39. The quantitative estimate of drug-likeness (QED) is 0.612. The van der Waals surface area contributed by atoms with Crippen LogP contribution in [0.4, 0.5) is 5.82 Å². The minimum atomic E-state index is 0.0462. The Morgan fingerprint density at radius 3 is 2.45 bits per heavy atom. The van der Waals surface area contributed by atoms with Crippen molar-refractivity contribution < 1.29 is 4.79 Å². The van der Waals surface area contributed by atoms with Gasteiger partial charge in [-0.1, -0.05) is 42.5 Å². The predicted octanol–water partition coefficient (Wildman–Crippen LogP) is 4.61. The molecule has 2 aromatic carbocycles. The van der Waals surface area contributed by atoms with Crippen LogP contribution < -0.4 is 4.90 Å². The average molecular weight is 415 g/mol. The van der Waals surface area contributed by atoms with Crippen LogP contribution in [0.5, 0.6) is 0 Å². The van der Waals surface area contributed by atoms with Crippen molar-refractivity contribution in [2.75, 3.05) is 24.5 Å². The summed E-state index contributed by atoms with van der Waals surface area (Å²) >= 11 is 0. The van der Waals surface area contributed by atoms with Gasteiger partial charge in [0.05, 0.1) is 17.2 Å². The molecule has 1 aromatic heterocycles. The van der Waals surface area contributed by atoms with Gasteiger partial charge in [-0.05, 0) is 56.2 Å². The molecule has 2 aliphatic rings. The number of aryl methyl sites for hydroxylation is 1. The molecule has 3 aromatic rings. The van der Waals surface area contributed by atoms with E-state index in [2.05, 4.69) is 39.0 Å². The molecule has 0 saturated carbocycles. The minimum absolute atomic E-state index is 0.0462. The molecule has 0 N–H and O–H groups in total. The first kappa shape index (κ1) is 20.0. The zero-order chi connectivity index (χ0) is 21.1. The van der Waals surface area contributed by atoms with Crippen LogP contribution >= 0.6 is 0 Å². The predicted molar refractivity (Wildman–Crippen MR) is 124 cm³/mol. The Kier molecular flexibility index (Phi) is 5.58. The average Bonchev–Trinajstić information content (AvgIpc) is 3.23. The molecule has 0 radical (unpaired) electrons. The van der Waals surface area contributed by atoms with Crippen LogP contribution in [0.1, 0.15) is 44.1 Å². The number of rotatable bonds is 5. The van der Waals surface area contributed by atoms with E-state index >= 15 is 0 Å². The number of anilines is 1. The van der Waals surface area contributed by atoms with Crippen molar-refractivity contribution in [2.45, 2.75) is 50.5 Å². The molecule has 5 heteroatoms. The third kappa shape index (κ3) is 4.14. The van der Waals surface area contributed by atoms with Gasteiger partial charge in [-0.2, -0.15) is 0 Å². The Bertz CT molecular complexity index is 1040. The summed E-state index contributed by atoms with van der Waals surface area (Å²) in [6.45, 7) is 2.78. The van der Waals surface area contributed by atoms with E-state index in [-0.39, 0.29) is 5.54 Å². The van der Waals surface area contributed by atoms with E-state index in [0.717, 1.165) is 75.0 Å². The van der Waals surface area contributed by atoms with Gasteiger partial charge in [-0.15, -0.1) is 0 Å². The second-order valence-electron chi connectivity index (χ2n) is 8.92. The maximum absolute atomic E-state index is 13.1. The molecule has 2 aliphatic heterocycles. The van der Waals surface area contributed by atoms with Crippen LogP contribution in [-0.4, -0.2) is 45.9 Å². The molecular formula is C26H30N4O. The van der Waals surface area contributed by atoms with E-state index in [1.807, 2.05) is 36.5 Å². The lowest BCUT2D eigenvalue weighted by molar-refractivity contribution is -0.136. The zero-order valence-corrected chi connectivity index (χ0v) is 18.0.